The molecule has 0 bridgehead atoms. The van der Waals surface area contributed by atoms with E-state index < -0.39 is 0 Å². The largest absolute Gasteiger partial charge is 0.343 e. The third-order valence-electron chi connectivity index (χ3n) is 7.77. The number of nitrogens with zero attached hydrogens (tertiary/aromatic N) is 4. The lowest BCUT2D eigenvalue weighted by Gasteiger charge is -2.34. The van der Waals surface area contributed by atoms with E-state index in [1.54, 1.807) is 23.0 Å². The van der Waals surface area contributed by atoms with Gasteiger partial charge in [-0.15, -0.1) is 0 Å². The highest BCUT2D eigenvalue weighted by atomic mass is 19.1. The van der Waals surface area contributed by atoms with Crippen LogP contribution in [0, 0.1) is 11.2 Å². The van der Waals surface area contributed by atoms with E-state index in [2.05, 4.69) is 38.0 Å². The molecule has 2 aromatic carbocycles. The minimum absolute atomic E-state index is 0.00182. The topological polar surface area (TPSA) is 58.4 Å². The number of carbonyl (C=O) groups is 2. The number of carbonyl (C=O) groups excluding carboxylic acids is 2. The molecule has 1 unspecified atom stereocenters. The molecule has 38 heavy (non-hydrogen) atoms. The molecule has 200 valence electrons. The van der Waals surface area contributed by atoms with E-state index in [1.807, 2.05) is 28.0 Å². The molecule has 7 heteroatoms. The molecule has 1 aromatic heterocycles. The average Bonchev–Trinajstić information content (AvgIpc) is 3.57. The number of benzene rings is 2. The Morgan fingerprint density at radius 1 is 0.895 bits per heavy atom. The van der Waals surface area contributed by atoms with Gasteiger partial charge in [0.25, 0.3) is 5.91 Å². The second kappa shape index (κ2) is 10.7. The van der Waals surface area contributed by atoms with Crippen molar-refractivity contribution in [1.82, 2.24) is 19.6 Å². The molecule has 2 saturated heterocycles. The van der Waals surface area contributed by atoms with Gasteiger partial charge >= 0.3 is 0 Å². The van der Waals surface area contributed by atoms with Gasteiger partial charge in [0.1, 0.15) is 5.82 Å². The summed E-state index contributed by atoms with van der Waals surface area (Å²) < 4.78 is 15.5. The number of likely N-dealkylation sites (tertiary alicyclic amines) is 2. The lowest BCUT2D eigenvalue weighted by molar-refractivity contribution is -0.134. The Morgan fingerprint density at radius 3 is 2.18 bits per heavy atom. The number of rotatable bonds is 5. The Balaban J connectivity index is 1.39. The molecule has 2 fully saturated rings. The number of amides is 2. The molecule has 6 nitrogen and oxygen atoms in total. The third kappa shape index (κ3) is 5.66. The fourth-order valence-electron chi connectivity index (χ4n) is 5.78. The molecule has 2 aliphatic heterocycles. The maximum Gasteiger partial charge on any atom is 0.257 e. The molecule has 3 aromatic rings. The van der Waals surface area contributed by atoms with Crippen molar-refractivity contribution in [1.29, 1.82) is 0 Å². The van der Waals surface area contributed by atoms with Crippen LogP contribution in [-0.4, -0.2) is 57.6 Å². The molecule has 2 amide bonds. The summed E-state index contributed by atoms with van der Waals surface area (Å²) in [5.74, 6) is 0.273. The minimum Gasteiger partial charge on any atom is -0.343 e. The van der Waals surface area contributed by atoms with Crippen LogP contribution in [0.3, 0.4) is 0 Å². The summed E-state index contributed by atoms with van der Waals surface area (Å²) in [4.78, 5) is 30.6. The average molecular weight is 517 g/mol. The van der Waals surface area contributed by atoms with Crippen molar-refractivity contribution in [2.75, 3.05) is 26.2 Å². The first kappa shape index (κ1) is 26.1. The summed E-state index contributed by atoms with van der Waals surface area (Å²) in [5.41, 5.74) is 3.42. The van der Waals surface area contributed by atoms with Crippen molar-refractivity contribution in [3.8, 4) is 5.69 Å². The zero-order valence-corrected chi connectivity index (χ0v) is 22.6. The second-order valence-corrected chi connectivity index (χ2v) is 11.9. The van der Waals surface area contributed by atoms with Gasteiger partial charge < -0.3 is 9.80 Å². The van der Waals surface area contributed by atoms with Crippen molar-refractivity contribution >= 4 is 11.8 Å². The highest BCUT2D eigenvalue weighted by Crippen LogP contribution is 2.35. The molecule has 2 aliphatic rings. The first-order valence-electron chi connectivity index (χ1n) is 13.7. The number of aromatic nitrogens is 2. The highest BCUT2D eigenvalue weighted by molar-refractivity contribution is 5.95. The Kier molecular flexibility index (Phi) is 7.37. The van der Waals surface area contributed by atoms with Crippen LogP contribution in [0.2, 0.25) is 0 Å². The van der Waals surface area contributed by atoms with Gasteiger partial charge in [-0.25, -0.2) is 9.07 Å². The molecular formula is C31H37FN4O2. The van der Waals surface area contributed by atoms with Gasteiger partial charge in [-0.1, -0.05) is 51.1 Å². The monoisotopic (exact) mass is 516 g/mol. The van der Waals surface area contributed by atoms with Crippen LogP contribution < -0.4 is 0 Å². The zero-order valence-electron chi connectivity index (χ0n) is 22.6. The minimum atomic E-state index is -0.312. The predicted octanol–water partition coefficient (Wildman–Crippen LogP) is 5.78. The fraction of sp³-hybridized carbons (Fsp3) is 0.452. The lowest BCUT2D eigenvalue weighted by atomic mass is 9.88. The van der Waals surface area contributed by atoms with Crippen molar-refractivity contribution in [3.05, 3.63) is 83.4 Å². The van der Waals surface area contributed by atoms with E-state index in [-0.39, 0.29) is 29.0 Å². The van der Waals surface area contributed by atoms with Crippen LogP contribution in [0.5, 0.6) is 0 Å². The standard InChI is InChI=1S/C31H37FN4O2/c1-31(2,3)19-28(37)34-16-13-23(14-17-34)29-27(20-33-36(29)26-11-9-25(32)10-12-26)30(38)35-18-15-24(21-35)22-7-5-4-6-8-22/h4-12,20,23-24H,13-19,21H2,1-3H3. The first-order chi connectivity index (χ1) is 18.2. The Labute approximate surface area is 224 Å². The third-order valence-corrected chi connectivity index (χ3v) is 7.77. The molecule has 0 spiro atoms. The maximum absolute atomic E-state index is 13.9. The summed E-state index contributed by atoms with van der Waals surface area (Å²) in [6.45, 7) is 8.94. The number of hydrogen-bond donors (Lipinski definition) is 0. The molecule has 0 saturated carbocycles. The molecule has 5 rings (SSSR count). The van der Waals surface area contributed by atoms with Gasteiger partial charge in [0.15, 0.2) is 0 Å². The summed E-state index contributed by atoms with van der Waals surface area (Å²) in [6.07, 6.45) is 4.65. The van der Waals surface area contributed by atoms with Gasteiger partial charge in [0.05, 0.1) is 23.1 Å². The quantitative estimate of drug-likeness (QED) is 0.432. The number of piperidine rings is 1. The van der Waals surface area contributed by atoms with Gasteiger partial charge in [0.2, 0.25) is 5.91 Å². The summed E-state index contributed by atoms with van der Waals surface area (Å²) in [6, 6.07) is 16.6. The molecular weight excluding hydrogens is 479 g/mol. The van der Waals surface area contributed by atoms with Gasteiger partial charge in [-0.3, -0.25) is 9.59 Å². The van der Waals surface area contributed by atoms with E-state index >= 15 is 0 Å². The Hall–Kier alpha value is -3.48. The first-order valence-corrected chi connectivity index (χ1v) is 13.7. The lowest BCUT2D eigenvalue weighted by Crippen LogP contribution is -2.40. The van der Waals surface area contributed by atoms with E-state index in [1.165, 1.54) is 17.7 Å². The normalized spacial score (nSPS) is 18.7. The van der Waals surface area contributed by atoms with Crippen molar-refractivity contribution in [3.63, 3.8) is 0 Å². The zero-order chi connectivity index (χ0) is 26.9. The van der Waals surface area contributed by atoms with Crippen LogP contribution in [0.25, 0.3) is 5.69 Å². The van der Waals surface area contributed by atoms with Crippen molar-refractivity contribution in [2.24, 2.45) is 5.41 Å². The predicted molar refractivity (Wildman–Crippen MR) is 146 cm³/mol. The van der Waals surface area contributed by atoms with Gasteiger partial charge in [-0.2, -0.15) is 5.10 Å². The van der Waals surface area contributed by atoms with Gasteiger partial charge in [-0.05, 0) is 54.5 Å². The van der Waals surface area contributed by atoms with Crippen LogP contribution in [0.15, 0.2) is 60.8 Å². The van der Waals surface area contributed by atoms with E-state index in [9.17, 15) is 14.0 Å². The van der Waals surface area contributed by atoms with Crippen LogP contribution in [0.4, 0.5) is 4.39 Å². The van der Waals surface area contributed by atoms with Gasteiger partial charge in [0, 0.05) is 44.4 Å². The SMILES string of the molecule is CC(C)(C)CC(=O)N1CCC(c2c(C(=O)N3CCC(c4ccccc4)C3)cnn2-c2ccc(F)cc2)CC1. The van der Waals surface area contributed by atoms with Crippen LogP contribution >= 0.6 is 0 Å². The number of halogens is 1. The summed E-state index contributed by atoms with van der Waals surface area (Å²) >= 11 is 0. The van der Waals surface area contributed by atoms with Crippen molar-refractivity contribution in [2.45, 2.75) is 58.3 Å². The summed E-state index contributed by atoms with van der Waals surface area (Å²) in [7, 11) is 0. The van der Waals surface area contributed by atoms with E-state index in [4.69, 9.17) is 0 Å². The van der Waals surface area contributed by atoms with Crippen LogP contribution in [-0.2, 0) is 4.79 Å². The highest BCUT2D eigenvalue weighted by Gasteiger charge is 2.35. The Morgan fingerprint density at radius 2 is 1.53 bits per heavy atom. The molecule has 1 atom stereocenters. The summed E-state index contributed by atoms with van der Waals surface area (Å²) in [5, 5.41) is 4.63. The molecule has 0 aliphatic carbocycles. The Bertz CT molecular complexity index is 1270. The maximum atomic E-state index is 13.9. The fourth-order valence-corrected chi connectivity index (χ4v) is 5.78. The molecule has 0 radical (unpaired) electrons. The van der Waals surface area contributed by atoms with Crippen molar-refractivity contribution < 1.29 is 14.0 Å². The molecule has 0 N–H and O–H groups in total. The van der Waals surface area contributed by atoms with E-state index in [0.29, 0.717) is 44.1 Å². The molecule has 3 heterocycles. The van der Waals surface area contributed by atoms with Crippen LogP contribution in [0.1, 0.15) is 79.9 Å². The van der Waals surface area contributed by atoms with E-state index in [0.717, 1.165) is 30.6 Å². The second-order valence-electron chi connectivity index (χ2n) is 11.9. The number of hydrogen-bond acceptors (Lipinski definition) is 3. The smallest absolute Gasteiger partial charge is 0.257 e.